The third-order valence-corrected chi connectivity index (χ3v) is 6.65. The van der Waals surface area contributed by atoms with Gasteiger partial charge in [0.05, 0.1) is 43.8 Å². The Kier molecular flexibility index (Phi) is 6.25. The van der Waals surface area contributed by atoms with Crippen molar-refractivity contribution in [3.05, 3.63) is 18.0 Å². The first-order valence-electron chi connectivity index (χ1n) is 8.80. The first-order chi connectivity index (χ1) is 12.9. The number of carbonyl (C=O) groups is 1. The van der Waals surface area contributed by atoms with Crippen molar-refractivity contribution >= 4 is 21.9 Å². The maximum atomic E-state index is 12.5. The third-order valence-electron chi connectivity index (χ3n) is 4.69. The molecule has 11 heteroatoms. The van der Waals surface area contributed by atoms with Crippen molar-refractivity contribution in [1.82, 2.24) is 19.6 Å². The molecule has 0 aromatic carbocycles. The fourth-order valence-corrected chi connectivity index (χ4v) is 4.13. The molecule has 1 aromatic rings. The summed E-state index contributed by atoms with van der Waals surface area (Å²) in [5.41, 5.74) is 0.327. The minimum atomic E-state index is -3.37. The topological polar surface area (TPSA) is 114 Å². The van der Waals surface area contributed by atoms with Gasteiger partial charge in [0.2, 0.25) is 16.0 Å². The number of nitrogens with one attached hydrogen (secondary N) is 1. The van der Waals surface area contributed by atoms with Crippen LogP contribution < -0.4 is 10.2 Å². The molecule has 150 valence electrons. The van der Waals surface area contributed by atoms with Gasteiger partial charge in [0.15, 0.2) is 0 Å². The van der Waals surface area contributed by atoms with E-state index in [0.717, 1.165) is 0 Å². The molecule has 10 nitrogen and oxygen atoms in total. The van der Waals surface area contributed by atoms with Crippen LogP contribution >= 0.6 is 0 Å². The lowest BCUT2D eigenvalue weighted by Crippen LogP contribution is -2.43. The van der Waals surface area contributed by atoms with Crippen LogP contribution in [-0.2, 0) is 19.5 Å². The number of ether oxygens (including phenoxy) is 2. The number of carbonyl (C=O) groups excluding carboxylic acids is 1. The van der Waals surface area contributed by atoms with Gasteiger partial charge in [0.25, 0.3) is 5.91 Å². The smallest absolute Gasteiger partial charge is 0.254 e. The summed E-state index contributed by atoms with van der Waals surface area (Å²) in [6.07, 6.45) is 2.96. The van der Waals surface area contributed by atoms with Crippen LogP contribution in [-0.4, -0.2) is 94.0 Å². The van der Waals surface area contributed by atoms with Crippen molar-refractivity contribution in [3.8, 4) is 0 Å². The molecule has 1 amide bonds. The number of morpholine rings is 1. The van der Waals surface area contributed by atoms with Gasteiger partial charge < -0.3 is 19.7 Å². The van der Waals surface area contributed by atoms with Gasteiger partial charge in [-0.2, -0.15) is 0 Å². The Labute approximate surface area is 158 Å². The molecule has 3 rings (SSSR count). The van der Waals surface area contributed by atoms with E-state index in [-0.39, 0.29) is 30.2 Å². The van der Waals surface area contributed by atoms with Gasteiger partial charge in [0.1, 0.15) is 0 Å². The molecule has 0 bridgehead atoms. The molecule has 0 aliphatic carbocycles. The number of aromatic nitrogens is 2. The van der Waals surface area contributed by atoms with Crippen LogP contribution in [0.15, 0.2) is 12.4 Å². The largest absolute Gasteiger partial charge is 0.379 e. The van der Waals surface area contributed by atoms with Crippen LogP contribution in [0.2, 0.25) is 0 Å². The van der Waals surface area contributed by atoms with E-state index in [2.05, 4.69) is 15.3 Å². The second-order valence-corrected chi connectivity index (χ2v) is 9.04. The molecule has 1 N–H and O–H groups in total. The molecule has 2 aliphatic heterocycles. The molecule has 2 aliphatic rings. The summed E-state index contributed by atoms with van der Waals surface area (Å²) in [5, 5.41) is 2.85. The highest BCUT2D eigenvalue weighted by atomic mass is 32.2. The van der Waals surface area contributed by atoms with Crippen LogP contribution in [0.4, 0.5) is 5.95 Å². The fourth-order valence-electron chi connectivity index (χ4n) is 2.96. The molecule has 0 radical (unpaired) electrons. The summed E-state index contributed by atoms with van der Waals surface area (Å²) in [6, 6.07) is -0.369. The van der Waals surface area contributed by atoms with Gasteiger partial charge in [-0.15, -0.1) is 0 Å². The maximum Gasteiger partial charge on any atom is 0.254 e. The second kappa shape index (κ2) is 8.46. The maximum absolute atomic E-state index is 12.5. The lowest BCUT2D eigenvalue weighted by atomic mass is 10.1. The standard InChI is InChI=1S/C16H25N5O5S/c1-20(2)27(23,24)11-13-9-26-10-14(13)19-15(22)12-7-17-16(18-8-12)21-3-5-25-6-4-21/h7-8,13-14H,3-6,9-11H2,1-2H3,(H,19,22)/t13-,14+/m0/s1. The van der Waals surface area contributed by atoms with Crippen LogP contribution in [0.25, 0.3) is 0 Å². The number of sulfonamides is 1. The molecule has 27 heavy (non-hydrogen) atoms. The highest BCUT2D eigenvalue weighted by Crippen LogP contribution is 2.18. The number of anilines is 1. The van der Waals surface area contributed by atoms with Crippen molar-refractivity contribution in [3.63, 3.8) is 0 Å². The van der Waals surface area contributed by atoms with Crippen molar-refractivity contribution in [2.24, 2.45) is 5.92 Å². The Morgan fingerprint density at radius 1 is 1.22 bits per heavy atom. The molecule has 0 spiro atoms. The van der Waals surface area contributed by atoms with Crippen molar-refractivity contribution in [2.75, 3.05) is 64.3 Å². The highest BCUT2D eigenvalue weighted by molar-refractivity contribution is 7.89. The molecular weight excluding hydrogens is 374 g/mol. The van der Waals surface area contributed by atoms with Crippen LogP contribution in [0.1, 0.15) is 10.4 Å². The van der Waals surface area contributed by atoms with Crippen molar-refractivity contribution < 1.29 is 22.7 Å². The van der Waals surface area contributed by atoms with Gasteiger partial charge in [-0.05, 0) is 0 Å². The molecule has 2 saturated heterocycles. The van der Waals surface area contributed by atoms with Crippen LogP contribution in [0, 0.1) is 5.92 Å². The normalized spacial score (nSPS) is 23.6. The SMILES string of the molecule is CN(C)S(=O)(=O)C[C@@H]1COC[C@H]1NC(=O)c1cnc(N2CCOCC2)nc1. The molecule has 2 atom stereocenters. The third kappa shape index (κ3) is 4.92. The van der Waals surface area contributed by atoms with E-state index < -0.39 is 10.0 Å². The average Bonchev–Trinajstić information content (AvgIpc) is 3.08. The number of hydrogen-bond acceptors (Lipinski definition) is 8. The van der Waals surface area contributed by atoms with Gasteiger partial charge in [-0.25, -0.2) is 22.7 Å². The monoisotopic (exact) mass is 399 g/mol. The number of rotatable bonds is 6. The minimum Gasteiger partial charge on any atom is -0.379 e. The predicted molar refractivity (Wildman–Crippen MR) is 98.1 cm³/mol. The molecular formula is C16H25N5O5S. The predicted octanol–water partition coefficient (Wildman–Crippen LogP) is -1.05. The summed E-state index contributed by atoms with van der Waals surface area (Å²) >= 11 is 0. The van der Waals surface area contributed by atoms with E-state index >= 15 is 0 Å². The number of amides is 1. The lowest BCUT2D eigenvalue weighted by Gasteiger charge is -2.26. The Hall–Kier alpha value is -1.82. The quantitative estimate of drug-likeness (QED) is 0.645. The Balaban J connectivity index is 1.60. The molecule has 0 unspecified atom stereocenters. The summed E-state index contributed by atoms with van der Waals surface area (Å²) in [4.78, 5) is 23.0. The Morgan fingerprint density at radius 2 is 1.89 bits per heavy atom. The van der Waals surface area contributed by atoms with Gasteiger partial charge in [0, 0.05) is 45.5 Å². The highest BCUT2D eigenvalue weighted by Gasteiger charge is 2.34. The molecule has 2 fully saturated rings. The Bertz CT molecular complexity index is 749. The zero-order valence-electron chi connectivity index (χ0n) is 15.5. The van der Waals surface area contributed by atoms with E-state index in [9.17, 15) is 13.2 Å². The van der Waals surface area contributed by atoms with E-state index in [1.165, 1.54) is 30.8 Å². The first-order valence-corrected chi connectivity index (χ1v) is 10.4. The minimum absolute atomic E-state index is 0.0720. The average molecular weight is 399 g/mol. The van der Waals surface area contributed by atoms with Gasteiger partial charge >= 0.3 is 0 Å². The zero-order chi connectivity index (χ0) is 19.4. The van der Waals surface area contributed by atoms with E-state index in [4.69, 9.17) is 9.47 Å². The summed E-state index contributed by atoms with van der Waals surface area (Å²) in [6.45, 7) is 3.27. The summed E-state index contributed by atoms with van der Waals surface area (Å²) in [7, 11) is -0.387. The Morgan fingerprint density at radius 3 is 2.52 bits per heavy atom. The second-order valence-electron chi connectivity index (χ2n) is 6.81. The molecule has 0 saturated carbocycles. The summed E-state index contributed by atoms with van der Waals surface area (Å²) in [5.74, 6) is -0.146. The fraction of sp³-hybridized carbons (Fsp3) is 0.688. The van der Waals surface area contributed by atoms with E-state index in [1.807, 2.05) is 4.90 Å². The number of hydrogen-bond donors (Lipinski definition) is 1. The van der Waals surface area contributed by atoms with Crippen LogP contribution in [0.5, 0.6) is 0 Å². The van der Waals surface area contributed by atoms with Gasteiger partial charge in [-0.3, -0.25) is 4.79 Å². The molecule has 1 aromatic heterocycles. The van der Waals surface area contributed by atoms with Crippen molar-refractivity contribution in [1.29, 1.82) is 0 Å². The van der Waals surface area contributed by atoms with E-state index in [1.54, 1.807) is 0 Å². The molecule has 3 heterocycles. The van der Waals surface area contributed by atoms with Crippen LogP contribution in [0.3, 0.4) is 0 Å². The zero-order valence-corrected chi connectivity index (χ0v) is 16.3. The summed E-state index contributed by atoms with van der Waals surface area (Å²) < 4.78 is 36.1. The lowest BCUT2D eigenvalue weighted by molar-refractivity contribution is 0.0925. The van der Waals surface area contributed by atoms with Gasteiger partial charge in [-0.1, -0.05) is 0 Å². The number of nitrogens with zero attached hydrogens (tertiary/aromatic N) is 4. The van der Waals surface area contributed by atoms with Crippen molar-refractivity contribution in [2.45, 2.75) is 6.04 Å². The van der Waals surface area contributed by atoms with E-state index in [0.29, 0.717) is 44.4 Å². The first kappa shape index (κ1) is 19.9.